The lowest BCUT2D eigenvalue weighted by atomic mass is 9.75. The highest BCUT2D eigenvalue weighted by Crippen LogP contribution is 2.41. The molecule has 3 saturated heterocycles. The molecule has 132 valence electrons. The van der Waals surface area contributed by atoms with Crippen molar-refractivity contribution >= 4 is 5.97 Å². The molecule has 2 bridgehead atoms. The molecule has 0 amide bonds. The van der Waals surface area contributed by atoms with E-state index >= 15 is 0 Å². The van der Waals surface area contributed by atoms with Crippen LogP contribution in [0.4, 0.5) is 0 Å². The molecule has 4 fully saturated rings. The van der Waals surface area contributed by atoms with Crippen LogP contribution < -0.4 is 0 Å². The Bertz CT molecular complexity index is 558. The Labute approximate surface area is 143 Å². The molecule has 4 aliphatic rings. The lowest BCUT2D eigenvalue weighted by molar-refractivity contribution is -0.192. The number of furan rings is 1. The molecular weight excluding hydrogens is 306 g/mol. The molecule has 0 aromatic carbocycles. The Morgan fingerprint density at radius 1 is 1.21 bits per heavy atom. The second kappa shape index (κ2) is 6.52. The standard InChI is InChI=1S/C19H27NO4/c21-18(24-16-13-20-10-8-14(16)9-11-20)19(22,17-7-4-12-23-17)15-5-2-1-3-6-15/h4,7,12,14-16,22H,1-3,5-6,8-11,13H2/t16-,19+/m0/s1. The van der Waals surface area contributed by atoms with Crippen molar-refractivity contribution in [3.05, 3.63) is 24.2 Å². The zero-order valence-electron chi connectivity index (χ0n) is 14.2. The summed E-state index contributed by atoms with van der Waals surface area (Å²) in [7, 11) is 0. The molecule has 3 aliphatic heterocycles. The van der Waals surface area contributed by atoms with Gasteiger partial charge in [-0.3, -0.25) is 4.90 Å². The Morgan fingerprint density at radius 3 is 2.54 bits per heavy atom. The molecule has 2 atom stereocenters. The minimum atomic E-state index is -1.64. The summed E-state index contributed by atoms with van der Waals surface area (Å²) < 4.78 is 11.3. The van der Waals surface area contributed by atoms with Gasteiger partial charge < -0.3 is 14.3 Å². The average Bonchev–Trinajstić information content (AvgIpc) is 3.18. The van der Waals surface area contributed by atoms with Crippen LogP contribution in [-0.2, 0) is 15.1 Å². The van der Waals surface area contributed by atoms with Gasteiger partial charge in [-0.1, -0.05) is 19.3 Å². The van der Waals surface area contributed by atoms with Crippen LogP contribution in [0.3, 0.4) is 0 Å². The Hall–Kier alpha value is -1.33. The van der Waals surface area contributed by atoms with Crippen molar-refractivity contribution in [3.63, 3.8) is 0 Å². The fraction of sp³-hybridized carbons (Fsp3) is 0.737. The maximum absolute atomic E-state index is 13.1. The molecule has 4 heterocycles. The predicted molar refractivity (Wildman–Crippen MR) is 88.2 cm³/mol. The zero-order chi connectivity index (χ0) is 16.6. The van der Waals surface area contributed by atoms with Crippen molar-refractivity contribution in [2.75, 3.05) is 19.6 Å². The number of hydrogen-bond donors (Lipinski definition) is 1. The second-order valence-corrected chi connectivity index (χ2v) is 7.66. The lowest BCUT2D eigenvalue weighted by Crippen LogP contribution is -2.54. The quantitative estimate of drug-likeness (QED) is 0.858. The molecule has 1 saturated carbocycles. The Kier molecular flexibility index (Phi) is 4.39. The molecule has 1 aromatic heterocycles. The van der Waals surface area contributed by atoms with Gasteiger partial charge in [0.15, 0.2) is 0 Å². The second-order valence-electron chi connectivity index (χ2n) is 7.66. The van der Waals surface area contributed by atoms with E-state index in [0.29, 0.717) is 11.7 Å². The van der Waals surface area contributed by atoms with Crippen LogP contribution >= 0.6 is 0 Å². The number of esters is 1. The van der Waals surface area contributed by atoms with E-state index in [1.807, 2.05) is 0 Å². The van der Waals surface area contributed by atoms with Gasteiger partial charge in [0, 0.05) is 12.5 Å². The van der Waals surface area contributed by atoms with Gasteiger partial charge in [-0.05, 0) is 56.8 Å². The first-order valence-electron chi connectivity index (χ1n) is 9.37. The largest absolute Gasteiger partial charge is 0.466 e. The van der Waals surface area contributed by atoms with Crippen molar-refractivity contribution in [2.24, 2.45) is 11.8 Å². The maximum atomic E-state index is 13.1. The van der Waals surface area contributed by atoms with E-state index in [4.69, 9.17) is 9.15 Å². The maximum Gasteiger partial charge on any atom is 0.346 e. The molecule has 24 heavy (non-hydrogen) atoms. The van der Waals surface area contributed by atoms with Crippen molar-refractivity contribution in [3.8, 4) is 0 Å². The summed E-state index contributed by atoms with van der Waals surface area (Å²) >= 11 is 0. The first-order valence-corrected chi connectivity index (χ1v) is 9.37. The Balaban J connectivity index is 1.55. The number of piperidine rings is 3. The summed E-state index contributed by atoms with van der Waals surface area (Å²) in [6.07, 6.45) is 8.52. The molecule has 0 radical (unpaired) electrons. The van der Waals surface area contributed by atoms with Gasteiger partial charge >= 0.3 is 5.97 Å². The third kappa shape index (κ3) is 2.78. The summed E-state index contributed by atoms with van der Waals surface area (Å²) in [5, 5.41) is 11.4. The van der Waals surface area contributed by atoms with Crippen LogP contribution in [0.25, 0.3) is 0 Å². The molecule has 0 spiro atoms. The third-order valence-corrected chi connectivity index (χ3v) is 6.26. The van der Waals surface area contributed by atoms with Crippen LogP contribution in [0.1, 0.15) is 50.7 Å². The molecule has 1 aliphatic carbocycles. The molecule has 5 rings (SSSR count). The fourth-order valence-electron chi connectivity index (χ4n) is 4.76. The highest BCUT2D eigenvalue weighted by Gasteiger charge is 2.51. The van der Waals surface area contributed by atoms with Gasteiger partial charge in [0.25, 0.3) is 0 Å². The van der Waals surface area contributed by atoms with Crippen molar-refractivity contribution in [1.29, 1.82) is 0 Å². The number of hydrogen-bond acceptors (Lipinski definition) is 5. The van der Waals surface area contributed by atoms with Crippen LogP contribution in [-0.4, -0.2) is 41.7 Å². The summed E-state index contributed by atoms with van der Waals surface area (Å²) in [5.41, 5.74) is -1.64. The Morgan fingerprint density at radius 2 is 1.96 bits per heavy atom. The summed E-state index contributed by atoms with van der Waals surface area (Å²) in [5.74, 6) is 0.140. The summed E-state index contributed by atoms with van der Waals surface area (Å²) in [6.45, 7) is 3.00. The van der Waals surface area contributed by atoms with Gasteiger partial charge in [-0.2, -0.15) is 0 Å². The first-order chi connectivity index (χ1) is 11.7. The first kappa shape index (κ1) is 16.2. The number of fused-ring (bicyclic) bond motifs is 3. The van der Waals surface area contributed by atoms with Crippen molar-refractivity contribution < 1.29 is 19.1 Å². The van der Waals surface area contributed by atoms with Crippen LogP contribution in [0.15, 0.2) is 22.8 Å². The number of nitrogens with zero attached hydrogens (tertiary/aromatic N) is 1. The van der Waals surface area contributed by atoms with Gasteiger partial charge in [-0.25, -0.2) is 4.79 Å². The molecule has 0 unspecified atom stereocenters. The minimum absolute atomic E-state index is 0.0925. The van der Waals surface area contributed by atoms with Crippen molar-refractivity contribution in [2.45, 2.75) is 56.7 Å². The number of carbonyl (C=O) groups excluding carboxylic acids is 1. The number of rotatable bonds is 4. The van der Waals surface area contributed by atoms with Gasteiger partial charge in [-0.15, -0.1) is 0 Å². The smallest absolute Gasteiger partial charge is 0.346 e. The number of aliphatic hydroxyl groups is 1. The van der Waals surface area contributed by atoms with E-state index in [0.717, 1.165) is 58.2 Å². The highest BCUT2D eigenvalue weighted by molar-refractivity contribution is 5.81. The van der Waals surface area contributed by atoms with Crippen LogP contribution in [0.5, 0.6) is 0 Å². The topological polar surface area (TPSA) is 62.9 Å². The predicted octanol–water partition coefficient (Wildman–Crippen LogP) is 2.68. The van der Waals surface area contributed by atoms with E-state index in [1.165, 1.54) is 12.7 Å². The summed E-state index contributed by atoms with van der Waals surface area (Å²) in [4.78, 5) is 15.4. The minimum Gasteiger partial charge on any atom is -0.466 e. The number of carbonyl (C=O) groups is 1. The van der Waals surface area contributed by atoms with E-state index in [-0.39, 0.29) is 12.0 Å². The summed E-state index contributed by atoms with van der Waals surface area (Å²) in [6, 6.07) is 3.43. The van der Waals surface area contributed by atoms with Gasteiger partial charge in [0.05, 0.1) is 6.26 Å². The van der Waals surface area contributed by atoms with Crippen molar-refractivity contribution in [1.82, 2.24) is 4.90 Å². The normalized spacial score (nSPS) is 33.1. The highest BCUT2D eigenvalue weighted by atomic mass is 16.6. The van der Waals surface area contributed by atoms with Crippen LogP contribution in [0, 0.1) is 11.8 Å². The van der Waals surface area contributed by atoms with E-state index in [1.54, 1.807) is 12.1 Å². The lowest BCUT2D eigenvalue weighted by Gasteiger charge is -2.45. The van der Waals surface area contributed by atoms with E-state index < -0.39 is 11.6 Å². The molecule has 5 heteroatoms. The SMILES string of the molecule is O=C(O[C@H]1CN2CCC1CC2)[C@](O)(c1ccco1)C1CCCCC1. The monoisotopic (exact) mass is 333 g/mol. The molecular formula is C19H27NO4. The molecule has 1 N–H and O–H groups in total. The van der Waals surface area contributed by atoms with Gasteiger partial charge in [0.2, 0.25) is 5.60 Å². The van der Waals surface area contributed by atoms with E-state index in [2.05, 4.69) is 4.90 Å². The third-order valence-electron chi connectivity index (χ3n) is 6.26. The fourth-order valence-corrected chi connectivity index (χ4v) is 4.76. The van der Waals surface area contributed by atoms with Gasteiger partial charge in [0.1, 0.15) is 11.9 Å². The molecule has 1 aromatic rings. The van der Waals surface area contributed by atoms with Crippen LogP contribution in [0.2, 0.25) is 0 Å². The number of ether oxygens (including phenoxy) is 1. The van der Waals surface area contributed by atoms with E-state index in [9.17, 15) is 9.90 Å². The molecule has 5 nitrogen and oxygen atoms in total. The average molecular weight is 333 g/mol. The zero-order valence-corrected chi connectivity index (χ0v) is 14.2.